The first-order valence-electron chi connectivity index (χ1n) is 6.11. The van der Waals surface area contributed by atoms with Crippen molar-refractivity contribution in [3.05, 3.63) is 28.2 Å². The molecule has 19 heavy (non-hydrogen) atoms. The molecule has 2 heterocycles. The van der Waals surface area contributed by atoms with Crippen LogP contribution in [0, 0.1) is 0 Å². The molecule has 2 atom stereocenters. The highest BCUT2D eigenvalue weighted by Gasteiger charge is 2.29. The Kier molecular flexibility index (Phi) is 3.96. The van der Waals surface area contributed by atoms with Crippen LogP contribution in [0.5, 0.6) is 0 Å². The van der Waals surface area contributed by atoms with E-state index in [9.17, 15) is 9.59 Å². The smallest absolute Gasteiger partial charge is 0.274 e. The average molecular weight is 267 g/mol. The zero-order valence-electron chi connectivity index (χ0n) is 10.9. The van der Waals surface area contributed by atoms with Crippen LogP contribution in [-0.2, 0) is 11.8 Å². The molecule has 1 aliphatic rings. The molecule has 0 bridgehead atoms. The van der Waals surface area contributed by atoms with Crippen molar-refractivity contribution in [1.29, 1.82) is 0 Å². The second-order valence-electron chi connectivity index (χ2n) is 4.64. The number of morpholine rings is 1. The van der Waals surface area contributed by atoms with Crippen molar-refractivity contribution >= 4 is 5.91 Å². The molecule has 0 aromatic carbocycles. The fraction of sp³-hybridized carbons (Fsp3) is 0.583. The van der Waals surface area contributed by atoms with Gasteiger partial charge >= 0.3 is 0 Å². The van der Waals surface area contributed by atoms with Gasteiger partial charge in [0.2, 0.25) is 0 Å². The van der Waals surface area contributed by atoms with Gasteiger partial charge in [0, 0.05) is 26.2 Å². The number of carbonyl (C=O) groups is 1. The molecule has 2 unspecified atom stereocenters. The van der Waals surface area contributed by atoms with E-state index in [4.69, 9.17) is 9.84 Å². The van der Waals surface area contributed by atoms with Gasteiger partial charge in [-0.1, -0.05) is 0 Å². The summed E-state index contributed by atoms with van der Waals surface area (Å²) in [7, 11) is 1.50. The van der Waals surface area contributed by atoms with Crippen molar-refractivity contribution in [2.24, 2.45) is 7.05 Å². The molecular formula is C12H17N3O4. The topological polar surface area (TPSA) is 84.7 Å². The number of aromatic nitrogens is 2. The van der Waals surface area contributed by atoms with Crippen LogP contribution >= 0.6 is 0 Å². The molecule has 1 saturated heterocycles. The average Bonchev–Trinajstić information content (AvgIpc) is 2.40. The van der Waals surface area contributed by atoms with Crippen molar-refractivity contribution in [1.82, 2.24) is 14.7 Å². The third-order valence-electron chi connectivity index (χ3n) is 3.00. The highest BCUT2D eigenvalue weighted by molar-refractivity contribution is 5.92. The molecule has 7 nitrogen and oxygen atoms in total. The second kappa shape index (κ2) is 5.50. The zero-order valence-corrected chi connectivity index (χ0v) is 10.9. The number of amides is 1. The number of rotatable bonds is 2. The summed E-state index contributed by atoms with van der Waals surface area (Å²) in [5.74, 6) is -0.260. The number of hydrogen-bond acceptors (Lipinski definition) is 5. The molecule has 0 saturated carbocycles. The zero-order chi connectivity index (χ0) is 14.0. The van der Waals surface area contributed by atoms with Gasteiger partial charge in [-0.15, -0.1) is 0 Å². The van der Waals surface area contributed by atoms with E-state index < -0.39 is 0 Å². The highest BCUT2D eigenvalue weighted by Crippen LogP contribution is 2.13. The first kappa shape index (κ1) is 13.7. The molecule has 1 N–H and O–H groups in total. The van der Waals surface area contributed by atoms with E-state index in [0.29, 0.717) is 13.1 Å². The Bertz CT molecular complexity index is 528. The summed E-state index contributed by atoms with van der Waals surface area (Å²) in [5, 5.41) is 13.1. The van der Waals surface area contributed by atoms with E-state index in [1.165, 1.54) is 19.2 Å². The molecule has 1 aliphatic heterocycles. The van der Waals surface area contributed by atoms with Gasteiger partial charge in [0.05, 0.1) is 18.8 Å². The molecule has 1 aromatic rings. The molecule has 0 radical (unpaired) electrons. The van der Waals surface area contributed by atoms with E-state index in [-0.39, 0.29) is 36.0 Å². The van der Waals surface area contributed by atoms with E-state index in [1.807, 2.05) is 6.92 Å². The lowest BCUT2D eigenvalue weighted by Crippen LogP contribution is -2.50. The van der Waals surface area contributed by atoms with Gasteiger partial charge in [-0.25, -0.2) is 4.68 Å². The highest BCUT2D eigenvalue weighted by atomic mass is 16.5. The maximum Gasteiger partial charge on any atom is 0.274 e. The minimum atomic E-state index is -0.375. The first-order valence-corrected chi connectivity index (χ1v) is 6.11. The molecule has 1 aromatic heterocycles. The summed E-state index contributed by atoms with van der Waals surface area (Å²) in [6.07, 6.45) is -0.511. The summed E-state index contributed by atoms with van der Waals surface area (Å²) in [5.41, 5.74) is -0.0481. The maximum atomic E-state index is 12.3. The Morgan fingerprint density at radius 1 is 1.53 bits per heavy atom. The molecule has 2 rings (SSSR count). The fourth-order valence-corrected chi connectivity index (χ4v) is 2.09. The molecule has 1 fully saturated rings. The predicted octanol–water partition coefficient (Wildman–Crippen LogP) is -0.998. The standard InChI is InChI=1S/C12H17N3O4/c1-8-5-15(6-9(7-16)19-8)12(18)10-3-4-11(17)14(2)13-10/h3-4,8-9,16H,5-7H2,1-2H3. The SMILES string of the molecule is CC1CN(C(=O)c2ccc(=O)n(C)n2)CC(CO)O1. The Labute approximate surface area is 110 Å². The molecule has 104 valence electrons. The van der Waals surface area contributed by atoms with Crippen molar-refractivity contribution in [3.8, 4) is 0 Å². The van der Waals surface area contributed by atoms with E-state index in [0.717, 1.165) is 4.68 Å². The first-order chi connectivity index (χ1) is 9.01. The van der Waals surface area contributed by atoms with E-state index in [1.54, 1.807) is 4.90 Å². The third-order valence-corrected chi connectivity index (χ3v) is 3.00. The Hall–Kier alpha value is -1.73. The second-order valence-corrected chi connectivity index (χ2v) is 4.64. The maximum absolute atomic E-state index is 12.3. The number of nitrogens with zero attached hydrogens (tertiary/aromatic N) is 3. The molecule has 1 amide bonds. The van der Waals surface area contributed by atoms with Gasteiger partial charge < -0.3 is 14.7 Å². The Morgan fingerprint density at radius 2 is 2.26 bits per heavy atom. The molecule has 0 aliphatic carbocycles. The largest absolute Gasteiger partial charge is 0.394 e. The van der Waals surface area contributed by atoms with Crippen LogP contribution in [-0.4, -0.2) is 57.6 Å². The van der Waals surface area contributed by atoms with Crippen molar-refractivity contribution in [2.45, 2.75) is 19.1 Å². The van der Waals surface area contributed by atoms with Crippen LogP contribution in [0.4, 0.5) is 0 Å². The van der Waals surface area contributed by atoms with Crippen molar-refractivity contribution < 1.29 is 14.6 Å². The number of carbonyl (C=O) groups excluding carboxylic acids is 1. The van der Waals surface area contributed by atoms with Crippen LogP contribution in [0.25, 0.3) is 0 Å². The number of ether oxygens (including phenoxy) is 1. The quantitative estimate of drug-likeness (QED) is 0.743. The minimum absolute atomic E-state index is 0.130. The molecule has 7 heteroatoms. The Morgan fingerprint density at radius 3 is 2.89 bits per heavy atom. The third kappa shape index (κ3) is 2.99. The monoisotopic (exact) mass is 267 g/mol. The van der Waals surface area contributed by atoms with Gasteiger partial charge in [0.25, 0.3) is 11.5 Å². The van der Waals surface area contributed by atoms with Crippen molar-refractivity contribution in [3.63, 3.8) is 0 Å². The van der Waals surface area contributed by atoms with Crippen LogP contribution in [0.15, 0.2) is 16.9 Å². The van der Waals surface area contributed by atoms with Crippen LogP contribution < -0.4 is 5.56 Å². The summed E-state index contributed by atoms with van der Waals surface area (Å²) >= 11 is 0. The minimum Gasteiger partial charge on any atom is -0.394 e. The van der Waals surface area contributed by atoms with Gasteiger partial charge in [0.1, 0.15) is 5.69 Å². The predicted molar refractivity (Wildman–Crippen MR) is 66.8 cm³/mol. The van der Waals surface area contributed by atoms with Crippen LogP contribution in [0.1, 0.15) is 17.4 Å². The fourth-order valence-electron chi connectivity index (χ4n) is 2.09. The number of aliphatic hydroxyl groups is 1. The molecule has 0 spiro atoms. The van der Waals surface area contributed by atoms with Gasteiger partial charge in [-0.2, -0.15) is 5.10 Å². The van der Waals surface area contributed by atoms with E-state index >= 15 is 0 Å². The lowest BCUT2D eigenvalue weighted by atomic mass is 10.2. The van der Waals surface area contributed by atoms with Crippen molar-refractivity contribution in [2.75, 3.05) is 19.7 Å². The lowest BCUT2D eigenvalue weighted by molar-refractivity contribution is -0.0859. The summed E-state index contributed by atoms with van der Waals surface area (Å²) in [4.78, 5) is 25.1. The number of hydrogen-bond donors (Lipinski definition) is 1. The normalized spacial score (nSPS) is 23.4. The summed E-state index contributed by atoms with van der Waals surface area (Å²) in [6.45, 7) is 2.48. The molecular weight excluding hydrogens is 250 g/mol. The van der Waals surface area contributed by atoms with E-state index in [2.05, 4.69) is 5.10 Å². The number of aryl methyl sites for hydroxylation is 1. The summed E-state index contributed by atoms with van der Waals surface area (Å²) in [6, 6.07) is 2.73. The Balaban J connectivity index is 2.18. The summed E-state index contributed by atoms with van der Waals surface area (Å²) < 4.78 is 6.60. The lowest BCUT2D eigenvalue weighted by Gasteiger charge is -2.35. The number of aliphatic hydroxyl groups excluding tert-OH is 1. The van der Waals surface area contributed by atoms with Crippen LogP contribution in [0.2, 0.25) is 0 Å². The van der Waals surface area contributed by atoms with Crippen LogP contribution in [0.3, 0.4) is 0 Å². The van der Waals surface area contributed by atoms with Gasteiger partial charge in [-0.05, 0) is 13.0 Å². The van der Waals surface area contributed by atoms with Gasteiger partial charge in [-0.3, -0.25) is 9.59 Å². The van der Waals surface area contributed by atoms with Gasteiger partial charge in [0.15, 0.2) is 0 Å².